The Morgan fingerprint density at radius 3 is 3.18 bits per heavy atom. The monoisotopic (exact) mass is 152 g/mol. The van der Waals surface area contributed by atoms with Crippen LogP contribution >= 0.6 is 0 Å². The molecule has 0 aromatic carbocycles. The van der Waals surface area contributed by atoms with Crippen LogP contribution in [0.15, 0.2) is 0 Å². The molecule has 0 aromatic heterocycles. The maximum absolute atomic E-state index is 11.2. The summed E-state index contributed by atoms with van der Waals surface area (Å²) < 4.78 is 0. The smallest absolute Gasteiger partial charge is 0.224 e. The second-order valence-corrected chi connectivity index (χ2v) is 2.52. The lowest BCUT2D eigenvalue weighted by atomic mass is 10.4. The van der Waals surface area contributed by atoms with E-state index in [2.05, 4.69) is 11.2 Å². The van der Waals surface area contributed by atoms with E-state index < -0.39 is 0 Å². The third-order valence-corrected chi connectivity index (χ3v) is 1.71. The average Bonchev–Trinajstić information content (AvgIpc) is 2.18. The van der Waals surface area contributed by atoms with E-state index >= 15 is 0 Å². The van der Waals surface area contributed by atoms with E-state index in [1.807, 2.05) is 0 Å². The average molecular weight is 152 g/mol. The number of hydrogen-bond donors (Lipinski definition) is 1. The highest BCUT2D eigenvalue weighted by Gasteiger charge is 2.13. The van der Waals surface area contributed by atoms with Crippen molar-refractivity contribution >= 4 is 5.91 Å². The van der Waals surface area contributed by atoms with Gasteiger partial charge < -0.3 is 10.2 Å². The van der Waals surface area contributed by atoms with Crippen LogP contribution in [0.2, 0.25) is 0 Å². The predicted octanol–water partition coefficient (Wildman–Crippen LogP) is -0.558. The van der Waals surface area contributed by atoms with Crippen molar-refractivity contribution in [3.63, 3.8) is 0 Å². The van der Waals surface area contributed by atoms with Gasteiger partial charge in [-0.05, 0) is 0 Å². The van der Waals surface area contributed by atoms with Crippen LogP contribution in [0.4, 0.5) is 0 Å². The van der Waals surface area contributed by atoms with Gasteiger partial charge in [-0.25, -0.2) is 0 Å². The molecule has 1 heterocycles. The lowest BCUT2D eigenvalue weighted by molar-refractivity contribution is -0.129. The molecule has 1 N–H and O–H groups in total. The molecule has 1 aliphatic rings. The SMILES string of the molecule is C#CCN1CCNCCC1=O. The first-order chi connectivity index (χ1) is 5.34. The minimum atomic E-state index is 0.160. The molecule has 0 aromatic rings. The Hall–Kier alpha value is -1.01. The molecule has 1 aliphatic heterocycles. The van der Waals surface area contributed by atoms with Crippen LogP contribution in [0.5, 0.6) is 0 Å². The molecular formula is C8H12N2O. The molecule has 3 heteroatoms. The lowest BCUT2D eigenvalue weighted by Crippen LogP contribution is -2.32. The number of nitrogens with one attached hydrogen (secondary N) is 1. The standard InChI is InChI=1S/C8H12N2O/c1-2-6-10-7-5-9-4-3-8(10)11/h1,9H,3-7H2. The molecule has 0 aliphatic carbocycles. The van der Waals surface area contributed by atoms with Crippen LogP contribution < -0.4 is 5.32 Å². The first-order valence-corrected chi connectivity index (χ1v) is 3.76. The van der Waals surface area contributed by atoms with Gasteiger partial charge in [0.05, 0.1) is 6.54 Å². The molecule has 1 amide bonds. The van der Waals surface area contributed by atoms with Crippen molar-refractivity contribution in [3.05, 3.63) is 0 Å². The number of carbonyl (C=O) groups excluding carboxylic acids is 1. The summed E-state index contributed by atoms with van der Waals surface area (Å²) in [7, 11) is 0. The predicted molar refractivity (Wildman–Crippen MR) is 42.9 cm³/mol. The van der Waals surface area contributed by atoms with E-state index in [-0.39, 0.29) is 5.91 Å². The molecule has 1 fully saturated rings. The number of nitrogens with zero attached hydrogens (tertiary/aromatic N) is 1. The molecule has 0 atom stereocenters. The highest BCUT2D eigenvalue weighted by molar-refractivity contribution is 5.76. The molecule has 0 bridgehead atoms. The van der Waals surface area contributed by atoms with Crippen LogP contribution in [-0.2, 0) is 4.79 Å². The van der Waals surface area contributed by atoms with E-state index in [9.17, 15) is 4.79 Å². The molecule has 0 unspecified atom stereocenters. The van der Waals surface area contributed by atoms with Crippen molar-refractivity contribution in [2.45, 2.75) is 6.42 Å². The number of terminal acetylenes is 1. The maximum Gasteiger partial charge on any atom is 0.224 e. The second kappa shape index (κ2) is 3.99. The minimum Gasteiger partial charge on any atom is -0.330 e. The molecule has 1 saturated heterocycles. The van der Waals surface area contributed by atoms with Gasteiger partial charge in [0.2, 0.25) is 5.91 Å². The van der Waals surface area contributed by atoms with Crippen LogP contribution in [0.25, 0.3) is 0 Å². The van der Waals surface area contributed by atoms with Gasteiger partial charge in [-0.3, -0.25) is 4.79 Å². The van der Waals surface area contributed by atoms with Crippen LogP contribution in [0.1, 0.15) is 6.42 Å². The van der Waals surface area contributed by atoms with Crippen molar-refractivity contribution in [3.8, 4) is 12.3 Å². The Morgan fingerprint density at radius 2 is 2.45 bits per heavy atom. The first kappa shape index (κ1) is 8.09. The van der Waals surface area contributed by atoms with Crippen LogP contribution in [0, 0.1) is 12.3 Å². The third-order valence-electron chi connectivity index (χ3n) is 1.71. The Morgan fingerprint density at radius 1 is 1.64 bits per heavy atom. The van der Waals surface area contributed by atoms with Crippen molar-refractivity contribution in [1.29, 1.82) is 0 Å². The Balaban J connectivity index is 2.47. The summed E-state index contributed by atoms with van der Waals surface area (Å²) in [6, 6.07) is 0. The topological polar surface area (TPSA) is 32.3 Å². The summed E-state index contributed by atoms with van der Waals surface area (Å²) in [6.07, 6.45) is 5.68. The summed E-state index contributed by atoms with van der Waals surface area (Å²) in [5, 5.41) is 3.13. The van der Waals surface area contributed by atoms with Gasteiger partial charge in [-0.1, -0.05) is 5.92 Å². The van der Waals surface area contributed by atoms with E-state index in [0.29, 0.717) is 13.0 Å². The fourth-order valence-corrected chi connectivity index (χ4v) is 1.09. The van der Waals surface area contributed by atoms with Crippen molar-refractivity contribution in [1.82, 2.24) is 10.2 Å². The molecule has 60 valence electrons. The second-order valence-electron chi connectivity index (χ2n) is 2.52. The zero-order valence-corrected chi connectivity index (χ0v) is 6.47. The minimum absolute atomic E-state index is 0.160. The number of rotatable bonds is 1. The van der Waals surface area contributed by atoms with Gasteiger partial charge in [0.1, 0.15) is 0 Å². The molecule has 0 spiro atoms. The van der Waals surface area contributed by atoms with Crippen molar-refractivity contribution in [2.75, 3.05) is 26.2 Å². The zero-order chi connectivity index (χ0) is 8.10. The highest BCUT2D eigenvalue weighted by Crippen LogP contribution is 1.95. The summed E-state index contributed by atoms with van der Waals surface area (Å²) >= 11 is 0. The highest BCUT2D eigenvalue weighted by atomic mass is 16.2. The Labute approximate surface area is 66.8 Å². The van der Waals surface area contributed by atoms with Crippen molar-refractivity contribution in [2.24, 2.45) is 0 Å². The summed E-state index contributed by atoms with van der Waals surface area (Å²) in [5.41, 5.74) is 0. The van der Waals surface area contributed by atoms with Gasteiger partial charge in [-0.2, -0.15) is 0 Å². The third kappa shape index (κ3) is 2.24. The van der Waals surface area contributed by atoms with Gasteiger partial charge in [0, 0.05) is 26.1 Å². The normalized spacial score (nSPS) is 19.2. The fraction of sp³-hybridized carbons (Fsp3) is 0.625. The number of carbonyl (C=O) groups is 1. The molecule has 3 nitrogen and oxygen atoms in total. The molecule has 1 rings (SSSR count). The molecule has 11 heavy (non-hydrogen) atoms. The molecule has 0 radical (unpaired) electrons. The van der Waals surface area contributed by atoms with E-state index in [0.717, 1.165) is 19.6 Å². The number of amides is 1. The van der Waals surface area contributed by atoms with E-state index in [1.165, 1.54) is 0 Å². The Bertz CT molecular complexity index is 183. The van der Waals surface area contributed by atoms with Gasteiger partial charge in [0.25, 0.3) is 0 Å². The number of hydrogen-bond acceptors (Lipinski definition) is 2. The van der Waals surface area contributed by atoms with Crippen LogP contribution in [-0.4, -0.2) is 37.0 Å². The largest absolute Gasteiger partial charge is 0.330 e. The Kier molecular flexibility index (Phi) is 2.94. The fourth-order valence-electron chi connectivity index (χ4n) is 1.09. The first-order valence-electron chi connectivity index (χ1n) is 3.76. The maximum atomic E-state index is 11.2. The summed E-state index contributed by atoms with van der Waals surface area (Å²) in [6.45, 7) is 2.82. The van der Waals surface area contributed by atoms with Gasteiger partial charge in [-0.15, -0.1) is 6.42 Å². The van der Waals surface area contributed by atoms with E-state index in [1.54, 1.807) is 4.90 Å². The van der Waals surface area contributed by atoms with Gasteiger partial charge >= 0.3 is 0 Å². The molecule has 0 saturated carbocycles. The summed E-state index contributed by atoms with van der Waals surface area (Å²) in [5.74, 6) is 2.63. The quantitative estimate of drug-likeness (QED) is 0.511. The zero-order valence-electron chi connectivity index (χ0n) is 6.47. The van der Waals surface area contributed by atoms with E-state index in [4.69, 9.17) is 6.42 Å². The van der Waals surface area contributed by atoms with Crippen molar-refractivity contribution < 1.29 is 4.79 Å². The lowest BCUT2D eigenvalue weighted by Gasteiger charge is -2.16. The summed E-state index contributed by atoms with van der Waals surface area (Å²) in [4.78, 5) is 12.9. The van der Waals surface area contributed by atoms with Gasteiger partial charge in [0.15, 0.2) is 0 Å². The van der Waals surface area contributed by atoms with Crippen LogP contribution in [0.3, 0.4) is 0 Å². The molecular weight excluding hydrogens is 140 g/mol.